The minimum absolute atomic E-state index is 0.0175. The molecule has 6 heteroatoms. The number of anilines is 1. The summed E-state index contributed by atoms with van der Waals surface area (Å²) in [5, 5.41) is 2.92. The fourth-order valence-electron chi connectivity index (χ4n) is 4.39. The van der Waals surface area contributed by atoms with E-state index in [1.807, 2.05) is 29.2 Å². The highest BCUT2D eigenvalue weighted by molar-refractivity contribution is 6.02. The summed E-state index contributed by atoms with van der Waals surface area (Å²) in [5.74, 6) is -0.246. The molecular formula is C19H23N3O3. The number of carbonyl (C=O) groups is 3. The van der Waals surface area contributed by atoms with Crippen LogP contribution in [0.4, 0.5) is 5.69 Å². The van der Waals surface area contributed by atoms with E-state index in [0.717, 1.165) is 30.6 Å². The molecule has 0 aliphatic carbocycles. The van der Waals surface area contributed by atoms with Gasteiger partial charge in [-0.25, -0.2) is 0 Å². The van der Waals surface area contributed by atoms with Gasteiger partial charge in [0, 0.05) is 45.2 Å². The molecule has 2 fully saturated rings. The minimum Gasteiger partial charge on any atom is -0.356 e. The van der Waals surface area contributed by atoms with Gasteiger partial charge in [-0.1, -0.05) is 18.2 Å². The van der Waals surface area contributed by atoms with Crippen molar-refractivity contribution >= 4 is 23.4 Å². The van der Waals surface area contributed by atoms with Gasteiger partial charge in [-0.15, -0.1) is 0 Å². The van der Waals surface area contributed by atoms with Crippen LogP contribution in [-0.4, -0.2) is 49.3 Å². The molecule has 3 heterocycles. The third-order valence-corrected chi connectivity index (χ3v) is 6.06. The number of rotatable bonds is 1. The number of likely N-dealkylation sites (tertiary alicyclic amines) is 1. The summed E-state index contributed by atoms with van der Waals surface area (Å²) in [6.07, 6.45) is 2.50. The number of hydrogen-bond acceptors (Lipinski definition) is 3. The summed E-state index contributed by atoms with van der Waals surface area (Å²) in [6.45, 7) is 2.05. The van der Waals surface area contributed by atoms with Gasteiger partial charge in [0.25, 0.3) is 0 Å². The molecule has 1 N–H and O–H groups in total. The predicted molar refractivity (Wildman–Crippen MR) is 93.1 cm³/mol. The van der Waals surface area contributed by atoms with Crippen LogP contribution in [0, 0.1) is 5.41 Å². The maximum atomic E-state index is 13.1. The average Bonchev–Trinajstić information content (AvgIpc) is 2.98. The second-order valence-corrected chi connectivity index (χ2v) is 7.55. The summed E-state index contributed by atoms with van der Waals surface area (Å²) < 4.78 is 0. The van der Waals surface area contributed by atoms with Gasteiger partial charge in [-0.05, 0) is 29.9 Å². The molecule has 6 nitrogen and oxygen atoms in total. The van der Waals surface area contributed by atoms with Gasteiger partial charge in [0.15, 0.2) is 0 Å². The molecule has 2 saturated heterocycles. The van der Waals surface area contributed by atoms with Crippen molar-refractivity contribution in [3.05, 3.63) is 29.8 Å². The van der Waals surface area contributed by atoms with Crippen molar-refractivity contribution < 1.29 is 14.4 Å². The molecule has 25 heavy (non-hydrogen) atoms. The molecule has 3 aliphatic rings. The Bertz CT molecular complexity index is 737. The number of fused-ring (bicyclic) bond motifs is 1. The molecule has 1 aromatic carbocycles. The maximum absolute atomic E-state index is 13.1. The zero-order valence-corrected chi connectivity index (χ0v) is 14.5. The largest absolute Gasteiger partial charge is 0.356 e. The van der Waals surface area contributed by atoms with Crippen molar-refractivity contribution in [3.63, 3.8) is 0 Å². The normalized spacial score (nSPS) is 25.1. The lowest BCUT2D eigenvalue weighted by Gasteiger charge is -2.40. The SMILES string of the molecule is CN1C(=O)CC(C(=O)N2CCC3(CC2)CNC(=O)C3)c2ccccc21. The lowest BCUT2D eigenvalue weighted by molar-refractivity contribution is -0.137. The van der Waals surface area contributed by atoms with Crippen LogP contribution in [0.3, 0.4) is 0 Å². The van der Waals surface area contributed by atoms with E-state index in [-0.39, 0.29) is 29.6 Å². The van der Waals surface area contributed by atoms with E-state index in [9.17, 15) is 14.4 Å². The first kappa shape index (κ1) is 16.1. The molecule has 132 valence electrons. The summed E-state index contributed by atoms with van der Waals surface area (Å²) in [4.78, 5) is 40.5. The van der Waals surface area contributed by atoms with Crippen LogP contribution in [0.25, 0.3) is 0 Å². The lowest BCUT2D eigenvalue weighted by Crippen LogP contribution is -2.47. The zero-order chi connectivity index (χ0) is 17.6. The topological polar surface area (TPSA) is 69.7 Å². The van der Waals surface area contributed by atoms with Gasteiger partial charge in [-0.2, -0.15) is 0 Å². The van der Waals surface area contributed by atoms with Crippen LogP contribution in [0.5, 0.6) is 0 Å². The Hall–Kier alpha value is -2.37. The number of para-hydroxylation sites is 1. The number of carbonyl (C=O) groups excluding carboxylic acids is 3. The van der Waals surface area contributed by atoms with E-state index >= 15 is 0 Å². The number of nitrogens with zero attached hydrogens (tertiary/aromatic N) is 2. The Balaban J connectivity index is 1.51. The molecule has 0 bridgehead atoms. The Morgan fingerprint density at radius 1 is 1.20 bits per heavy atom. The monoisotopic (exact) mass is 341 g/mol. The molecule has 1 aromatic rings. The third kappa shape index (κ3) is 2.69. The molecule has 1 spiro atoms. The van der Waals surface area contributed by atoms with E-state index < -0.39 is 5.92 Å². The Labute approximate surface area is 147 Å². The van der Waals surface area contributed by atoms with Gasteiger partial charge < -0.3 is 15.1 Å². The first-order valence-electron chi connectivity index (χ1n) is 8.90. The molecule has 3 aliphatic heterocycles. The van der Waals surface area contributed by atoms with E-state index in [1.54, 1.807) is 11.9 Å². The van der Waals surface area contributed by atoms with Gasteiger partial charge >= 0.3 is 0 Å². The van der Waals surface area contributed by atoms with Gasteiger partial charge in [0.1, 0.15) is 0 Å². The van der Waals surface area contributed by atoms with Crippen molar-refractivity contribution in [1.82, 2.24) is 10.2 Å². The quantitative estimate of drug-likeness (QED) is 0.836. The highest BCUT2D eigenvalue weighted by Crippen LogP contribution is 2.40. The fourth-order valence-corrected chi connectivity index (χ4v) is 4.39. The van der Waals surface area contributed by atoms with Crippen LogP contribution in [-0.2, 0) is 14.4 Å². The number of hydrogen-bond donors (Lipinski definition) is 1. The highest BCUT2D eigenvalue weighted by Gasteiger charge is 2.43. The summed E-state index contributed by atoms with van der Waals surface area (Å²) in [5.41, 5.74) is 1.79. The van der Waals surface area contributed by atoms with Crippen LogP contribution < -0.4 is 10.2 Å². The second kappa shape index (κ2) is 5.86. The zero-order valence-electron chi connectivity index (χ0n) is 14.5. The molecule has 3 amide bonds. The molecule has 1 unspecified atom stereocenters. The van der Waals surface area contributed by atoms with Gasteiger partial charge in [0.05, 0.1) is 5.92 Å². The van der Waals surface area contributed by atoms with Crippen LogP contribution in [0.15, 0.2) is 24.3 Å². The number of amides is 3. The summed E-state index contributed by atoms with van der Waals surface area (Å²) in [6, 6.07) is 7.66. The molecular weight excluding hydrogens is 318 g/mol. The summed E-state index contributed by atoms with van der Waals surface area (Å²) >= 11 is 0. The van der Waals surface area contributed by atoms with Gasteiger partial charge in [0.2, 0.25) is 17.7 Å². The average molecular weight is 341 g/mol. The molecule has 1 atom stereocenters. The van der Waals surface area contributed by atoms with Crippen molar-refractivity contribution in [2.75, 3.05) is 31.6 Å². The first-order chi connectivity index (χ1) is 12.0. The fraction of sp³-hybridized carbons (Fsp3) is 0.526. The molecule has 0 saturated carbocycles. The molecule has 4 rings (SSSR count). The second-order valence-electron chi connectivity index (χ2n) is 7.55. The van der Waals surface area contributed by atoms with Crippen molar-refractivity contribution in [1.29, 1.82) is 0 Å². The Morgan fingerprint density at radius 3 is 2.60 bits per heavy atom. The minimum atomic E-state index is -0.391. The van der Waals surface area contributed by atoms with Crippen LogP contribution in [0.2, 0.25) is 0 Å². The smallest absolute Gasteiger partial charge is 0.230 e. The van der Waals surface area contributed by atoms with Crippen LogP contribution >= 0.6 is 0 Å². The van der Waals surface area contributed by atoms with E-state index in [4.69, 9.17) is 0 Å². The number of nitrogens with one attached hydrogen (secondary N) is 1. The highest BCUT2D eigenvalue weighted by atomic mass is 16.2. The van der Waals surface area contributed by atoms with Crippen molar-refractivity contribution in [2.45, 2.75) is 31.6 Å². The Morgan fingerprint density at radius 2 is 1.92 bits per heavy atom. The standard InChI is InChI=1S/C19H23N3O3/c1-21-15-5-3-2-4-13(15)14(10-17(21)24)18(25)22-8-6-19(7-9-22)11-16(23)20-12-19/h2-5,14H,6-12H2,1H3,(H,20,23). The number of benzene rings is 1. The van der Waals surface area contributed by atoms with Crippen molar-refractivity contribution in [3.8, 4) is 0 Å². The third-order valence-electron chi connectivity index (χ3n) is 6.06. The van der Waals surface area contributed by atoms with E-state index in [2.05, 4.69) is 5.32 Å². The van der Waals surface area contributed by atoms with E-state index in [0.29, 0.717) is 19.5 Å². The lowest BCUT2D eigenvalue weighted by atomic mass is 9.77. The van der Waals surface area contributed by atoms with Crippen LogP contribution in [0.1, 0.15) is 37.2 Å². The van der Waals surface area contributed by atoms with E-state index in [1.165, 1.54) is 0 Å². The molecule has 0 radical (unpaired) electrons. The van der Waals surface area contributed by atoms with Crippen molar-refractivity contribution in [2.24, 2.45) is 5.41 Å². The van der Waals surface area contributed by atoms with Gasteiger partial charge in [-0.3, -0.25) is 14.4 Å². The summed E-state index contributed by atoms with van der Waals surface area (Å²) in [7, 11) is 1.76. The Kier molecular flexibility index (Phi) is 3.78. The molecule has 0 aromatic heterocycles. The first-order valence-corrected chi connectivity index (χ1v) is 8.90. The number of piperidine rings is 1. The predicted octanol–water partition coefficient (Wildman–Crippen LogP) is 1.27. The maximum Gasteiger partial charge on any atom is 0.230 e.